The molecule has 1 saturated heterocycles. The van der Waals surface area contributed by atoms with Gasteiger partial charge >= 0.3 is 5.97 Å². The maximum absolute atomic E-state index is 12.5. The zero-order valence-electron chi connectivity index (χ0n) is 13.3. The number of methoxy groups -OCH3 is 2. The SMILES string of the molecule is COc1cccc(CC[C@]23C[C@](OC)(CC=C2C)OC3=O)c1. The van der Waals surface area contributed by atoms with Crippen LogP contribution in [0.15, 0.2) is 35.9 Å². The summed E-state index contributed by atoms with van der Waals surface area (Å²) in [4.78, 5) is 12.5. The molecule has 2 aliphatic rings. The molecule has 0 aromatic heterocycles. The molecule has 0 saturated carbocycles. The molecule has 118 valence electrons. The quantitative estimate of drug-likeness (QED) is 0.618. The number of ether oxygens (including phenoxy) is 3. The molecular formula is C18H22O4. The third-order valence-corrected chi connectivity index (χ3v) is 5.06. The topological polar surface area (TPSA) is 44.8 Å². The fraction of sp³-hybridized carbons (Fsp3) is 0.500. The molecule has 0 spiro atoms. The van der Waals surface area contributed by atoms with E-state index in [9.17, 15) is 4.79 Å². The fourth-order valence-corrected chi connectivity index (χ4v) is 3.52. The molecule has 4 nitrogen and oxygen atoms in total. The molecule has 0 amide bonds. The Morgan fingerprint density at radius 3 is 2.86 bits per heavy atom. The molecular weight excluding hydrogens is 280 g/mol. The van der Waals surface area contributed by atoms with E-state index in [0.29, 0.717) is 12.8 Å². The van der Waals surface area contributed by atoms with Crippen molar-refractivity contribution in [2.75, 3.05) is 14.2 Å². The van der Waals surface area contributed by atoms with Crippen LogP contribution in [0.1, 0.15) is 31.7 Å². The highest BCUT2D eigenvalue weighted by Crippen LogP contribution is 2.53. The summed E-state index contributed by atoms with van der Waals surface area (Å²) in [5.74, 6) is -0.0695. The third kappa shape index (κ3) is 2.31. The van der Waals surface area contributed by atoms with E-state index >= 15 is 0 Å². The number of aryl methyl sites for hydroxylation is 1. The van der Waals surface area contributed by atoms with Gasteiger partial charge in [-0.15, -0.1) is 0 Å². The highest BCUT2D eigenvalue weighted by molar-refractivity contribution is 5.84. The van der Waals surface area contributed by atoms with Crippen LogP contribution in [0, 0.1) is 5.41 Å². The summed E-state index contributed by atoms with van der Waals surface area (Å²) in [6.07, 6.45) is 4.87. The predicted molar refractivity (Wildman–Crippen MR) is 82.6 cm³/mol. The predicted octanol–water partition coefficient (Wildman–Crippen LogP) is 3.25. The molecule has 2 bridgehead atoms. The van der Waals surface area contributed by atoms with Crippen LogP contribution < -0.4 is 4.74 Å². The summed E-state index contributed by atoms with van der Waals surface area (Å²) in [7, 11) is 3.27. The van der Waals surface area contributed by atoms with Crippen molar-refractivity contribution in [3.8, 4) is 5.75 Å². The van der Waals surface area contributed by atoms with Crippen LogP contribution in [0.5, 0.6) is 5.75 Å². The van der Waals surface area contributed by atoms with E-state index in [4.69, 9.17) is 14.2 Å². The van der Waals surface area contributed by atoms with Gasteiger partial charge in [0.05, 0.1) is 12.5 Å². The first kappa shape index (κ1) is 15.1. The molecule has 0 N–H and O–H groups in total. The number of carbonyl (C=O) groups excluding carboxylic acids is 1. The summed E-state index contributed by atoms with van der Waals surface area (Å²) in [5, 5.41) is 0. The summed E-state index contributed by atoms with van der Waals surface area (Å²) < 4.78 is 16.3. The average molecular weight is 302 g/mol. The summed E-state index contributed by atoms with van der Waals surface area (Å²) in [5.41, 5.74) is 1.72. The highest BCUT2D eigenvalue weighted by atomic mass is 16.7. The Balaban J connectivity index is 1.82. The second kappa shape index (κ2) is 5.43. The van der Waals surface area contributed by atoms with Crippen molar-refractivity contribution in [3.63, 3.8) is 0 Å². The number of hydrogen-bond acceptors (Lipinski definition) is 4. The van der Waals surface area contributed by atoms with Gasteiger partial charge in [0.1, 0.15) is 5.75 Å². The van der Waals surface area contributed by atoms with Gasteiger partial charge in [0, 0.05) is 20.0 Å². The molecule has 22 heavy (non-hydrogen) atoms. The van der Waals surface area contributed by atoms with Gasteiger partial charge in [0.2, 0.25) is 5.79 Å². The monoisotopic (exact) mass is 302 g/mol. The molecule has 0 unspecified atom stereocenters. The molecule has 1 aliphatic heterocycles. The van der Waals surface area contributed by atoms with E-state index in [-0.39, 0.29) is 5.97 Å². The zero-order chi connectivity index (χ0) is 15.8. The number of carbonyl (C=O) groups is 1. The number of rotatable bonds is 5. The first-order chi connectivity index (χ1) is 10.5. The number of hydrogen-bond donors (Lipinski definition) is 0. The molecule has 1 aliphatic carbocycles. The molecule has 2 atom stereocenters. The minimum absolute atomic E-state index is 0.150. The Bertz CT molecular complexity index is 621. The van der Waals surface area contributed by atoms with Gasteiger partial charge in [0.15, 0.2) is 0 Å². The summed E-state index contributed by atoms with van der Waals surface area (Å²) >= 11 is 0. The minimum atomic E-state index is -0.759. The number of esters is 1. The first-order valence-electron chi connectivity index (χ1n) is 7.62. The van der Waals surface area contributed by atoms with Crippen molar-refractivity contribution in [3.05, 3.63) is 41.5 Å². The second-order valence-corrected chi connectivity index (χ2v) is 6.21. The Labute approximate surface area is 131 Å². The summed E-state index contributed by atoms with van der Waals surface area (Å²) in [6, 6.07) is 7.97. The second-order valence-electron chi connectivity index (χ2n) is 6.21. The Morgan fingerprint density at radius 2 is 2.14 bits per heavy atom. The van der Waals surface area contributed by atoms with Crippen molar-refractivity contribution < 1.29 is 19.0 Å². The van der Waals surface area contributed by atoms with E-state index in [1.54, 1.807) is 14.2 Å². The third-order valence-electron chi connectivity index (χ3n) is 5.06. The Kier molecular flexibility index (Phi) is 3.73. The maximum Gasteiger partial charge on any atom is 0.318 e. The van der Waals surface area contributed by atoms with Gasteiger partial charge in [-0.2, -0.15) is 0 Å². The standard InChI is InChI=1S/C18H22O4/c1-13-7-10-18(21-3)12-17(13,16(19)22-18)9-8-14-5-4-6-15(11-14)20-2/h4-7,11H,8-10,12H2,1-3H3/t17-,18-/m0/s1. The lowest BCUT2D eigenvalue weighted by molar-refractivity contribution is -0.199. The van der Waals surface area contributed by atoms with Gasteiger partial charge < -0.3 is 14.2 Å². The minimum Gasteiger partial charge on any atom is -0.497 e. The van der Waals surface area contributed by atoms with Crippen LogP contribution in [0.4, 0.5) is 0 Å². The van der Waals surface area contributed by atoms with Crippen LogP contribution >= 0.6 is 0 Å². The molecule has 1 aromatic rings. The lowest BCUT2D eigenvalue weighted by atomic mass is 9.70. The van der Waals surface area contributed by atoms with Gasteiger partial charge in [-0.25, -0.2) is 0 Å². The lowest BCUT2D eigenvalue weighted by Gasteiger charge is -2.33. The largest absolute Gasteiger partial charge is 0.497 e. The lowest BCUT2D eigenvalue weighted by Crippen LogP contribution is -2.35. The van der Waals surface area contributed by atoms with E-state index in [1.165, 1.54) is 0 Å². The van der Waals surface area contributed by atoms with Crippen molar-refractivity contribution in [2.45, 2.75) is 38.4 Å². The smallest absolute Gasteiger partial charge is 0.318 e. The molecule has 1 fully saturated rings. The average Bonchev–Trinajstić information content (AvgIpc) is 2.80. The van der Waals surface area contributed by atoms with E-state index < -0.39 is 11.2 Å². The first-order valence-corrected chi connectivity index (χ1v) is 7.62. The summed E-state index contributed by atoms with van der Waals surface area (Å²) in [6.45, 7) is 2.03. The molecule has 0 radical (unpaired) electrons. The Morgan fingerprint density at radius 1 is 1.32 bits per heavy atom. The number of benzene rings is 1. The van der Waals surface area contributed by atoms with E-state index in [2.05, 4.69) is 12.1 Å². The molecule has 4 heteroatoms. The Hall–Kier alpha value is -1.81. The van der Waals surface area contributed by atoms with Crippen LogP contribution in [0.2, 0.25) is 0 Å². The van der Waals surface area contributed by atoms with E-state index in [0.717, 1.165) is 29.7 Å². The van der Waals surface area contributed by atoms with E-state index in [1.807, 2.05) is 25.1 Å². The van der Waals surface area contributed by atoms with Crippen LogP contribution in [0.3, 0.4) is 0 Å². The molecule has 1 heterocycles. The van der Waals surface area contributed by atoms with Crippen LogP contribution in [-0.4, -0.2) is 26.0 Å². The number of fused-ring (bicyclic) bond motifs is 2. The zero-order valence-corrected chi connectivity index (χ0v) is 13.3. The highest BCUT2D eigenvalue weighted by Gasteiger charge is 2.59. The van der Waals surface area contributed by atoms with Gasteiger partial charge in [0.25, 0.3) is 0 Å². The maximum atomic E-state index is 12.5. The fourth-order valence-electron chi connectivity index (χ4n) is 3.52. The van der Waals surface area contributed by atoms with Crippen molar-refractivity contribution in [2.24, 2.45) is 5.41 Å². The van der Waals surface area contributed by atoms with Crippen molar-refractivity contribution >= 4 is 5.97 Å². The van der Waals surface area contributed by atoms with Crippen molar-refractivity contribution in [1.82, 2.24) is 0 Å². The molecule has 1 aromatic carbocycles. The molecule has 3 rings (SSSR count). The normalized spacial score (nSPS) is 30.0. The van der Waals surface area contributed by atoms with Gasteiger partial charge in [-0.05, 0) is 37.5 Å². The van der Waals surface area contributed by atoms with Gasteiger partial charge in [-0.1, -0.05) is 23.8 Å². The van der Waals surface area contributed by atoms with Crippen molar-refractivity contribution in [1.29, 1.82) is 0 Å². The van der Waals surface area contributed by atoms with Gasteiger partial charge in [-0.3, -0.25) is 4.79 Å². The van der Waals surface area contributed by atoms with Crippen LogP contribution in [-0.2, 0) is 20.7 Å². The van der Waals surface area contributed by atoms with Crippen LogP contribution in [0.25, 0.3) is 0 Å².